The molecule has 0 saturated carbocycles. The lowest BCUT2D eigenvalue weighted by atomic mass is 9.94. The zero-order chi connectivity index (χ0) is 14.5. The highest BCUT2D eigenvalue weighted by Gasteiger charge is 2.28. The lowest BCUT2D eigenvalue weighted by Gasteiger charge is -2.07. The van der Waals surface area contributed by atoms with Crippen molar-refractivity contribution in [2.45, 2.75) is 0 Å². The Morgan fingerprint density at radius 2 is 1.90 bits per heavy atom. The van der Waals surface area contributed by atoms with Gasteiger partial charge in [-0.1, -0.05) is 6.07 Å². The highest BCUT2D eigenvalue weighted by molar-refractivity contribution is 7.12. The summed E-state index contributed by atoms with van der Waals surface area (Å²) in [5.41, 5.74) is 0.322. The predicted octanol–water partition coefficient (Wildman–Crippen LogP) is 2.96. The van der Waals surface area contributed by atoms with Crippen LogP contribution in [0.5, 0.6) is 5.75 Å². The van der Waals surface area contributed by atoms with Gasteiger partial charge in [-0.25, -0.2) is 0 Å². The molecule has 0 aliphatic heterocycles. The van der Waals surface area contributed by atoms with Gasteiger partial charge in [-0.15, -0.1) is 11.3 Å². The molecule has 0 saturated heterocycles. The molecule has 100 valence electrons. The van der Waals surface area contributed by atoms with Gasteiger partial charge in [0.25, 0.3) is 0 Å². The van der Waals surface area contributed by atoms with Crippen LogP contribution < -0.4 is 4.74 Å². The maximum Gasteiger partial charge on any atom is 0.197 e. The van der Waals surface area contributed by atoms with Crippen LogP contribution in [0.1, 0.15) is 20.0 Å². The topological polar surface area (TPSA) is 67.2 Å². The summed E-state index contributed by atoms with van der Waals surface area (Å²) < 4.78 is 5.00. The lowest BCUT2D eigenvalue weighted by molar-refractivity contribution is 0.0848. The van der Waals surface area contributed by atoms with Crippen molar-refractivity contribution >= 4 is 22.9 Å². The van der Waals surface area contributed by atoms with Gasteiger partial charge in [0.05, 0.1) is 18.1 Å². The standard InChI is InChI=1S/C15H11NO3S/c1-19-11-6-4-10(5-7-11)14(17)12(9-16)15(18)13-3-2-8-20-13/h2-8,12H,1H3/t12-/m1/s1. The van der Waals surface area contributed by atoms with Crippen LogP contribution in [0.2, 0.25) is 0 Å². The molecule has 0 N–H and O–H groups in total. The molecule has 0 fully saturated rings. The van der Waals surface area contributed by atoms with Crippen LogP contribution in [0.4, 0.5) is 0 Å². The number of hydrogen-bond acceptors (Lipinski definition) is 5. The number of Topliss-reactive ketones (excluding diaryl/α,β-unsaturated/α-hetero) is 2. The number of nitrogens with zero attached hydrogens (tertiary/aromatic N) is 1. The molecule has 20 heavy (non-hydrogen) atoms. The first-order valence-corrected chi connectivity index (χ1v) is 6.71. The first kappa shape index (κ1) is 14.0. The van der Waals surface area contributed by atoms with E-state index in [4.69, 9.17) is 10.00 Å². The molecule has 1 aromatic carbocycles. The maximum atomic E-state index is 12.2. The Kier molecular flexibility index (Phi) is 4.28. The summed E-state index contributed by atoms with van der Waals surface area (Å²) in [5, 5.41) is 10.9. The zero-order valence-electron chi connectivity index (χ0n) is 10.7. The second kappa shape index (κ2) is 6.13. The van der Waals surface area contributed by atoms with E-state index in [1.54, 1.807) is 47.8 Å². The fourth-order valence-corrected chi connectivity index (χ4v) is 2.41. The van der Waals surface area contributed by atoms with Gasteiger partial charge in [-0.2, -0.15) is 5.26 Å². The minimum atomic E-state index is -1.30. The molecule has 1 aromatic heterocycles. The predicted molar refractivity (Wildman–Crippen MR) is 75.1 cm³/mol. The van der Waals surface area contributed by atoms with Gasteiger partial charge >= 0.3 is 0 Å². The van der Waals surface area contributed by atoms with E-state index < -0.39 is 17.5 Å². The highest BCUT2D eigenvalue weighted by Crippen LogP contribution is 2.19. The van der Waals surface area contributed by atoms with Crippen molar-refractivity contribution in [2.24, 2.45) is 5.92 Å². The molecule has 0 bridgehead atoms. The van der Waals surface area contributed by atoms with E-state index in [0.717, 1.165) is 0 Å². The van der Waals surface area contributed by atoms with E-state index in [-0.39, 0.29) is 0 Å². The van der Waals surface area contributed by atoms with E-state index in [2.05, 4.69) is 0 Å². The van der Waals surface area contributed by atoms with Crippen LogP contribution in [0, 0.1) is 17.2 Å². The third-order valence-corrected chi connectivity index (χ3v) is 3.68. The highest BCUT2D eigenvalue weighted by atomic mass is 32.1. The molecule has 1 atom stereocenters. The van der Waals surface area contributed by atoms with Crippen LogP contribution in [0.3, 0.4) is 0 Å². The number of thiophene rings is 1. The van der Waals surface area contributed by atoms with E-state index in [1.807, 2.05) is 0 Å². The summed E-state index contributed by atoms with van der Waals surface area (Å²) in [6, 6.07) is 11.5. The number of hydrogen-bond donors (Lipinski definition) is 0. The number of methoxy groups -OCH3 is 1. The molecule has 0 spiro atoms. The van der Waals surface area contributed by atoms with Crippen LogP contribution in [0.25, 0.3) is 0 Å². The van der Waals surface area contributed by atoms with Crippen molar-refractivity contribution in [2.75, 3.05) is 7.11 Å². The lowest BCUT2D eigenvalue weighted by Crippen LogP contribution is -2.22. The van der Waals surface area contributed by atoms with Gasteiger partial charge in [0.15, 0.2) is 17.5 Å². The Morgan fingerprint density at radius 1 is 1.20 bits per heavy atom. The number of rotatable bonds is 5. The molecule has 2 aromatic rings. The first-order valence-electron chi connectivity index (χ1n) is 5.83. The van der Waals surface area contributed by atoms with E-state index in [0.29, 0.717) is 16.2 Å². The second-order valence-corrected chi connectivity index (χ2v) is 4.94. The van der Waals surface area contributed by atoms with Crippen molar-refractivity contribution in [1.82, 2.24) is 0 Å². The average Bonchev–Trinajstić information content (AvgIpc) is 3.02. The third-order valence-electron chi connectivity index (χ3n) is 2.79. The number of nitriles is 1. The summed E-state index contributed by atoms with van der Waals surface area (Å²) in [5.74, 6) is -1.64. The Morgan fingerprint density at radius 3 is 2.40 bits per heavy atom. The SMILES string of the molecule is COc1ccc(C(=O)[C@@H](C#N)C(=O)c2cccs2)cc1. The Labute approximate surface area is 120 Å². The van der Waals surface area contributed by atoms with Crippen LogP contribution >= 0.6 is 11.3 Å². The number of benzene rings is 1. The summed E-state index contributed by atoms with van der Waals surface area (Å²) in [4.78, 5) is 24.8. The molecule has 0 aliphatic rings. The fourth-order valence-electron chi connectivity index (χ4n) is 1.72. The Hall–Kier alpha value is -2.45. The first-order chi connectivity index (χ1) is 9.67. The minimum absolute atomic E-state index is 0.322. The fraction of sp³-hybridized carbons (Fsp3) is 0.133. The zero-order valence-corrected chi connectivity index (χ0v) is 11.5. The van der Waals surface area contributed by atoms with Gasteiger partial charge in [-0.3, -0.25) is 9.59 Å². The summed E-state index contributed by atoms with van der Waals surface area (Å²) in [6.45, 7) is 0. The van der Waals surface area contributed by atoms with Crippen molar-refractivity contribution < 1.29 is 14.3 Å². The van der Waals surface area contributed by atoms with Crippen molar-refractivity contribution in [3.05, 3.63) is 52.2 Å². The molecule has 0 amide bonds. The number of ketones is 2. The van der Waals surface area contributed by atoms with Gasteiger partial charge in [0.1, 0.15) is 5.75 Å². The van der Waals surface area contributed by atoms with Crippen molar-refractivity contribution in [1.29, 1.82) is 5.26 Å². The minimum Gasteiger partial charge on any atom is -0.497 e. The van der Waals surface area contributed by atoms with Crippen molar-refractivity contribution in [3.63, 3.8) is 0 Å². The van der Waals surface area contributed by atoms with Crippen LogP contribution in [-0.4, -0.2) is 18.7 Å². The number of ether oxygens (including phenoxy) is 1. The van der Waals surface area contributed by atoms with Crippen molar-refractivity contribution in [3.8, 4) is 11.8 Å². The summed E-state index contributed by atoms with van der Waals surface area (Å²) >= 11 is 1.22. The number of carbonyl (C=O) groups is 2. The molecular weight excluding hydrogens is 274 g/mol. The quantitative estimate of drug-likeness (QED) is 0.625. The monoisotopic (exact) mass is 285 g/mol. The van der Waals surface area contributed by atoms with Gasteiger partial charge < -0.3 is 4.74 Å². The number of carbonyl (C=O) groups excluding carboxylic acids is 2. The molecule has 0 unspecified atom stereocenters. The smallest absolute Gasteiger partial charge is 0.197 e. The van der Waals surface area contributed by atoms with Gasteiger partial charge in [-0.05, 0) is 35.7 Å². The molecule has 0 aliphatic carbocycles. The van der Waals surface area contributed by atoms with E-state index in [1.165, 1.54) is 18.4 Å². The summed E-state index contributed by atoms with van der Waals surface area (Å²) in [7, 11) is 1.52. The molecule has 5 heteroatoms. The Bertz CT molecular complexity index is 653. The largest absolute Gasteiger partial charge is 0.497 e. The molecule has 1 heterocycles. The van der Waals surface area contributed by atoms with E-state index >= 15 is 0 Å². The molecule has 0 radical (unpaired) electrons. The molecule has 4 nitrogen and oxygen atoms in total. The second-order valence-electron chi connectivity index (χ2n) is 4.00. The maximum absolute atomic E-state index is 12.2. The molecule has 2 rings (SSSR count). The molecular formula is C15H11NO3S. The van der Waals surface area contributed by atoms with Gasteiger partial charge in [0, 0.05) is 5.56 Å². The normalized spacial score (nSPS) is 11.4. The third kappa shape index (κ3) is 2.76. The summed E-state index contributed by atoms with van der Waals surface area (Å²) in [6.07, 6.45) is 0. The van der Waals surface area contributed by atoms with Crippen LogP contribution in [0.15, 0.2) is 41.8 Å². The van der Waals surface area contributed by atoms with Gasteiger partial charge in [0.2, 0.25) is 0 Å². The van der Waals surface area contributed by atoms with E-state index in [9.17, 15) is 9.59 Å². The van der Waals surface area contributed by atoms with Crippen LogP contribution in [-0.2, 0) is 0 Å². The average molecular weight is 285 g/mol. The Balaban J connectivity index is 2.25.